The third-order valence-corrected chi connectivity index (χ3v) is 3.55. The largest absolute Gasteiger partial charge is 0.346 e. The highest BCUT2D eigenvalue weighted by Crippen LogP contribution is 2.09. The van der Waals surface area contributed by atoms with Crippen molar-refractivity contribution in [3.05, 3.63) is 47.4 Å². The molecule has 2 heterocycles. The molecule has 3 rings (SSSR count). The Labute approximate surface area is 127 Å². The van der Waals surface area contributed by atoms with Crippen LogP contribution in [0.4, 0.5) is 4.39 Å². The second-order valence-electron chi connectivity index (χ2n) is 5.28. The number of benzene rings is 1. The highest BCUT2D eigenvalue weighted by Gasteiger charge is 2.22. The maximum atomic E-state index is 13.1. The number of carbonyl (C=O) groups excluding carboxylic acids is 1. The number of halogens is 1. The van der Waals surface area contributed by atoms with Crippen LogP contribution >= 0.6 is 0 Å². The first-order valence-corrected chi connectivity index (χ1v) is 7.28. The lowest BCUT2D eigenvalue weighted by Crippen LogP contribution is -2.40. The SMILES string of the molecule is O=C(NCc1nc(Cc2cccc(F)c2)no1)C1CCCN1. The Morgan fingerprint density at radius 1 is 1.50 bits per heavy atom. The van der Waals surface area contributed by atoms with Crippen LogP contribution in [0.3, 0.4) is 0 Å². The summed E-state index contributed by atoms with van der Waals surface area (Å²) in [5, 5.41) is 9.73. The van der Waals surface area contributed by atoms with Gasteiger partial charge in [-0.2, -0.15) is 4.98 Å². The van der Waals surface area contributed by atoms with Crippen LogP contribution in [0, 0.1) is 5.82 Å². The Bertz CT molecular complexity index is 652. The molecule has 0 aliphatic carbocycles. The van der Waals surface area contributed by atoms with Gasteiger partial charge >= 0.3 is 0 Å². The maximum Gasteiger partial charge on any atom is 0.246 e. The monoisotopic (exact) mass is 304 g/mol. The second-order valence-corrected chi connectivity index (χ2v) is 5.28. The topological polar surface area (TPSA) is 80.1 Å². The lowest BCUT2D eigenvalue weighted by molar-refractivity contribution is -0.123. The molecule has 7 heteroatoms. The van der Waals surface area contributed by atoms with E-state index in [0.717, 1.165) is 24.9 Å². The number of carbonyl (C=O) groups is 1. The number of hydrogen-bond acceptors (Lipinski definition) is 5. The van der Waals surface area contributed by atoms with E-state index in [1.165, 1.54) is 12.1 Å². The summed E-state index contributed by atoms with van der Waals surface area (Å²) in [5.74, 6) is 0.464. The molecule has 1 aromatic heterocycles. The molecule has 1 unspecified atom stereocenters. The lowest BCUT2D eigenvalue weighted by atomic mass is 10.1. The van der Waals surface area contributed by atoms with E-state index in [1.54, 1.807) is 12.1 Å². The van der Waals surface area contributed by atoms with Crippen LogP contribution in [-0.4, -0.2) is 28.6 Å². The molecule has 1 atom stereocenters. The molecule has 1 aliphatic heterocycles. The van der Waals surface area contributed by atoms with Gasteiger partial charge < -0.3 is 15.2 Å². The average Bonchev–Trinajstić information content (AvgIpc) is 3.16. The van der Waals surface area contributed by atoms with E-state index in [9.17, 15) is 9.18 Å². The minimum atomic E-state index is -0.294. The fraction of sp³-hybridized carbons (Fsp3) is 0.400. The summed E-state index contributed by atoms with van der Waals surface area (Å²) < 4.78 is 18.2. The van der Waals surface area contributed by atoms with Crippen LogP contribution in [0.5, 0.6) is 0 Å². The molecule has 2 N–H and O–H groups in total. The normalized spacial score (nSPS) is 17.6. The molecule has 0 radical (unpaired) electrons. The molecule has 0 bridgehead atoms. The van der Waals surface area contributed by atoms with Gasteiger partial charge in [0.25, 0.3) is 0 Å². The Hall–Kier alpha value is -2.28. The van der Waals surface area contributed by atoms with Gasteiger partial charge in [0.05, 0.1) is 12.6 Å². The Balaban J connectivity index is 1.53. The number of aromatic nitrogens is 2. The summed E-state index contributed by atoms with van der Waals surface area (Å²) in [6.45, 7) is 1.07. The van der Waals surface area contributed by atoms with E-state index in [1.807, 2.05) is 0 Å². The van der Waals surface area contributed by atoms with Crippen molar-refractivity contribution in [1.82, 2.24) is 20.8 Å². The smallest absolute Gasteiger partial charge is 0.246 e. The third kappa shape index (κ3) is 3.67. The van der Waals surface area contributed by atoms with Gasteiger partial charge in [-0.1, -0.05) is 17.3 Å². The Morgan fingerprint density at radius 3 is 3.18 bits per heavy atom. The van der Waals surface area contributed by atoms with Crippen LogP contribution in [0.25, 0.3) is 0 Å². The minimum absolute atomic E-state index is 0.0534. The first kappa shape index (κ1) is 14.6. The third-order valence-electron chi connectivity index (χ3n) is 3.55. The predicted molar refractivity (Wildman–Crippen MR) is 76.4 cm³/mol. The molecule has 1 aliphatic rings. The highest BCUT2D eigenvalue weighted by molar-refractivity contribution is 5.81. The Kier molecular flexibility index (Phi) is 4.43. The fourth-order valence-electron chi connectivity index (χ4n) is 2.46. The number of nitrogens with one attached hydrogen (secondary N) is 2. The lowest BCUT2D eigenvalue weighted by Gasteiger charge is -2.08. The highest BCUT2D eigenvalue weighted by atomic mass is 19.1. The van der Waals surface area contributed by atoms with Crippen molar-refractivity contribution in [2.24, 2.45) is 0 Å². The van der Waals surface area contributed by atoms with Crippen molar-refractivity contribution in [1.29, 1.82) is 0 Å². The van der Waals surface area contributed by atoms with Gasteiger partial charge in [-0.3, -0.25) is 4.79 Å². The zero-order valence-electron chi connectivity index (χ0n) is 12.0. The van der Waals surface area contributed by atoms with Gasteiger partial charge in [0.15, 0.2) is 5.82 Å². The quantitative estimate of drug-likeness (QED) is 0.866. The van der Waals surface area contributed by atoms with Crippen molar-refractivity contribution >= 4 is 5.91 Å². The van der Waals surface area contributed by atoms with Crippen molar-refractivity contribution in [3.8, 4) is 0 Å². The van der Waals surface area contributed by atoms with Crippen molar-refractivity contribution in [2.45, 2.75) is 31.8 Å². The molecule has 0 saturated carbocycles. The van der Waals surface area contributed by atoms with Gasteiger partial charge in [0, 0.05) is 6.42 Å². The van der Waals surface area contributed by atoms with E-state index < -0.39 is 0 Å². The molecule has 116 valence electrons. The van der Waals surface area contributed by atoms with E-state index in [2.05, 4.69) is 20.8 Å². The fourth-order valence-corrected chi connectivity index (χ4v) is 2.46. The summed E-state index contributed by atoms with van der Waals surface area (Å²) >= 11 is 0. The first-order valence-electron chi connectivity index (χ1n) is 7.28. The van der Waals surface area contributed by atoms with Crippen LogP contribution in [0.1, 0.15) is 30.1 Å². The molecule has 1 saturated heterocycles. The molecule has 1 amide bonds. The number of hydrogen-bond donors (Lipinski definition) is 2. The van der Waals surface area contributed by atoms with Gasteiger partial charge in [0.1, 0.15) is 5.82 Å². The summed E-state index contributed by atoms with van der Waals surface area (Å²) in [6, 6.07) is 6.13. The predicted octanol–water partition coefficient (Wildman–Crippen LogP) is 1.17. The molecule has 2 aromatic rings. The standard InChI is InChI=1S/C15H17FN4O2/c16-11-4-1-3-10(7-11)8-13-19-14(22-20-13)9-18-15(21)12-5-2-6-17-12/h1,3-4,7,12,17H,2,5-6,8-9H2,(H,18,21). The minimum Gasteiger partial charge on any atom is -0.346 e. The van der Waals surface area contributed by atoms with Gasteiger partial charge in [-0.25, -0.2) is 4.39 Å². The summed E-state index contributed by atoms with van der Waals surface area (Å²) in [6.07, 6.45) is 2.25. The summed E-state index contributed by atoms with van der Waals surface area (Å²) in [5.41, 5.74) is 0.770. The maximum absolute atomic E-state index is 13.1. The van der Waals surface area contributed by atoms with Crippen LogP contribution < -0.4 is 10.6 Å². The molecule has 1 fully saturated rings. The van der Waals surface area contributed by atoms with Crippen LogP contribution in [0.2, 0.25) is 0 Å². The van der Waals surface area contributed by atoms with Crippen LogP contribution in [0.15, 0.2) is 28.8 Å². The molecule has 0 spiro atoms. The van der Waals surface area contributed by atoms with Crippen LogP contribution in [-0.2, 0) is 17.8 Å². The van der Waals surface area contributed by atoms with Gasteiger partial charge in [-0.15, -0.1) is 0 Å². The van der Waals surface area contributed by atoms with Gasteiger partial charge in [-0.05, 0) is 37.1 Å². The zero-order valence-corrected chi connectivity index (χ0v) is 12.0. The molecule has 6 nitrogen and oxygen atoms in total. The van der Waals surface area contributed by atoms with Crippen molar-refractivity contribution in [3.63, 3.8) is 0 Å². The average molecular weight is 304 g/mol. The van der Waals surface area contributed by atoms with Crippen molar-refractivity contribution in [2.75, 3.05) is 6.54 Å². The zero-order chi connectivity index (χ0) is 15.4. The molecule has 22 heavy (non-hydrogen) atoms. The summed E-state index contributed by atoms with van der Waals surface area (Å²) in [7, 11) is 0. The number of rotatable bonds is 5. The number of amides is 1. The Morgan fingerprint density at radius 2 is 2.41 bits per heavy atom. The van der Waals surface area contributed by atoms with Gasteiger partial charge in [0.2, 0.25) is 11.8 Å². The molecule has 1 aromatic carbocycles. The number of nitrogens with zero attached hydrogens (tertiary/aromatic N) is 2. The van der Waals surface area contributed by atoms with Crippen molar-refractivity contribution < 1.29 is 13.7 Å². The first-order chi connectivity index (χ1) is 10.7. The second kappa shape index (κ2) is 6.65. The van der Waals surface area contributed by atoms with E-state index >= 15 is 0 Å². The molecular formula is C15H17FN4O2. The van der Waals surface area contributed by atoms with E-state index in [-0.39, 0.29) is 24.3 Å². The summed E-state index contributed by atoms with van der Waals surface area (Å²) in [4.78, 5) is 16.0. The molecular weight excluding hydrogens is 287 g/mol. The van der Waals surface area contributed by atoms with E-state index in [4.69, 9.17) is 4.52 Å². The van der Waals surface area contributed by atoms with E-state index in [0.29, 0.717) is 18.1 Å².